The molecule has 0 aromatic carbocycles. The van der Waals surface area contributed by atoms with Gasteiger partial charge in [-0.2, -0.15) is 0 Å². The minimum atomic E-state index is -0.0539. The number of likely N-dealkylation sites (N-methyl/N-ethyl adjacent to an activating group) is 1. The molecule has 0 atom stereocenters. The molecule has 0 aliphatic carbocycles. The quantitative estimate of drug-likeness (QED) is 0.0302. The molecule has 0 radical (unpaired) electrons. The van der Waals surface area contributed by atoms with Gasteiger partial charge in [-0.25, -0.2) is 4.99 Å². The van der Waals surface area contributed by atoms with Crippen LogP contribution in [0, 0.1) is 0 Å². The van der Waals surface area contributed by atoms with Gasteiger partial charge in [-0.3, -0.25) is 4.79 Å². The Hall–Kier alpha value is -1.10. The maximum Gasteiger partial charge on any atom is 0.332 e. The largest absolute Gasteiger partial charge is 0.464 e. The van der Waals surface area contributed by atoms with E-state index in [-0.39, 0.29) is 5.97 Å². The molecule has 0 aromatic heterocycles. The van der Waals surface area contributed by atoms with Gasteiger partial charge in [0.2, 0.25) is 0 Å². The van der Waals surface area contributed by atoms with Crippen molar-refractivity contribution >= 4 is 11.9 Å². The van der Waals surface area contributed by atoms with Crippen molar-refractivity contribution in [2.45, 2.75) is 219 Å². The molecule has 0 saturated carbocycles. The third-order valence-corrected chi connectivity index (χ3v) is 9.53. The summed E-state index contributed by atoms with van der Waals surface area (Å²) in [5.41, 5.74) is 0. The minimum Gasteiger partial charge on any atom is -0.464 e. The lowest BCUT2D eigenvalue weighted by atomic mass is 10.0. The Morgan fingerprint density at radius 1 is 0.500 bits per heavy atom. The molecule has 0 aliphatic rings. The lowest BCUT2D eigenvalue weighted by molar-refractivity contribution is -0.468. The fourth-order valence-electron chi connectivity index (χ4n) is 6.30. The highest BCUT2D eigenvalue weighted by Gasteiger charge is 2.07. The van der Waals surface area contributed by atoms with E-state index in [0.29, 0.717) is 25.3 Å². The fraction of sp³-hybridized carbons (Fsp3) is 0.951. The molecule has 2 N–H and O–H groups in total. The Morgan fingerprint density at radius 2 is 0.870 bits per heavy atom. The van der Waals surface area contributed by atoms with Gasteiger partial charge in [0.15, 0.2) is 0 Å². The Labute approximate surface area is 288 Å². The number of carbonyl (C=O) groups excluding carboxylic acids is 1. The van der Waals surface area contributed by atoms with Crippen molar-refractivity contribution in [2.24, 2.45) is 0 Å². The summed E-state index contributed by atoms with van der Waals surface area (Å²) in [5, 5.41) is 10.2. The molecular formula is C41H83N2O3+. The second-order valence-corrected chi connectivity index (χ2v) is 14.3. The number of hydrogen-bond acceptors (Lipinski definition) is 3. The number of rotatable bonds is 38. The van der Waals surface area contributed by atoms with E-state index in [1.54, 1.807) is 0 Å². The van der Waals surface area contributed by atoms with E-state index >= 15 is 0 Å². The van der Waals surface area contributed by atoms with Crippen molar-refractivity contribution < 1.29 is 19.6 Å². The standard InChI is InChI=1S/C41H82N2O3/c1-4-6-8-10-12-14-16-18-20-21-23-25-27-29-31-35-41(45)46-39-38-43(3)37-33-34-40(44)42-36-32-30-28-26-24-22-19-17-15-13-11-9-7-5-2/h4-39H2,1-3H3,(H,42,44)/p+1. The first-order valence-corrected chi connectivity index (χ1v) is 20.7. The highest BCUT2D eigenvalue weighted by molar-refractivity contribution is 5.69. The summed E-state index contributed by atoms with van der Waals surface area (Å²) in [6, 6.07) is 0. The van der Waals surface area contributed by atoms with Gasteiger partial charge in [0.1, 0.15) is 13.2 Å². The van der Waals surface area contributed by atoms with E-state index in [1.807, 2.05) is 0 Å². The summed E-state index contributed by atoms with van der Waals surface area (Å²) in [7, 11) is 2.06. The second kappa shape index (κ2) is 38.3. The number of unbranched alkanes of at least 4 members (excludes halogenated alkanes) is 27. The van der Waals surface area contributed by atoms with Crippen LogP contribution in [-0.2, 0) is 9.53 Å². The molecule has 5 heteroatoms. The lowest BCUT2D eigenvalue weighted by Gasteiger charge is -2.15. The van der Waals surface area contributed by atoms with Crippen LogP contribution in [-0.4, -0.2) is 55.2 Å². The van der Waals surface area contributed by atoms with Gasteiger partial charge in [-0.05, 0) is 32.9 Å². The highest BCUT2D eigenvalue weighted by atomic mass is 16.5. The van der Waals surface area contributed by atoms with Crippen molar-refractivity contribution in [1.29, 1.82) is 0 Å². The Morgan fingerprint density at radius 3 is 1.28 bits per heavy atom. The van der Waals surface area contributed by atoms with E-state index in [4.69, 9.17) is 4.74 Å². The molecule has 0 saturated heterocycles. The van der Waals surface area contributed by atoms with Crippen LogP contribution in [0.3, 0.4) is 0 Å². The lowest BCUT2D eigenvalue weighted by Crippen LogP contribution is -2.73. The number of hydrogen-bond donors (Lipinski definition) is 2. The maximum absolute atomic E-state index is 12.1. The van der Waals surface area contributed by atoms with Crippen LogP contribution in [0.25, 0.3) is 0 Å². The first kappa shape index (κ1) is 44.9. The van der Waals surface area contributed by atoms with E-state index < -0.39 is 0 Å². The van der Waals surface area contributed by atoms with Crippen molar-refractivity contribution in [3.8, 4) is 0 Å². The summed E-state index contributed by atoms with van der Waals surface area (Å²) in [4.78, 5) is 17.4. The fourth-order valence-corrected chi connectivity index (χ4v) is 6.30. The number of carbonyl (C=O) groups is 1. The minimum absolute atomic E-state index is 0.0539. The van der Waals surface area contributed by atoms with E-state index in [2.05, 4.69) is 30.8 Å². The van der Waals surface area contributed by atoms with Gasteiger partial charge in [-0.15, -0.1) is 0 Å². The van der Waals surface area contributed by atoms with Gasteiger partial charge >= 0.3 is 11.9 Å². The van der Waals surface area contributed by atoms with E-state index in [9.17, 15) is 9.90 Å². The maximum atomic E-state index is 12.1. The zero-order chi connectivity index (χ0) is 33.6. The second-order valence-electron chi connectivity index (χ2n) is 14.3. The molecule has 274 valence electrons. The Bertz CT molecular complexity index is 639. The SMILES string of the molecule is CCCCCCCCCCCCCCCCCC(=O)OCCN(C)CCCC(O)=[NH+]CCCCCCCCCCCCCCCC. The molecule has 0 spiro atoms. The molecule has 0 aromatic rings. The summed E-state index contributed by atoms with van der Waals surface area (Å²) in [5.74, 6) is 0.361. The zero-order valence-corrected chi connectivity index (χ0v) is 31.7. The predicted octanol–water partition coefficient (Wildman–Crippen LogP) is 11.0. The molecule has 0 fully saturated rings. The van der Waals surface area contributed by atoms with Crippen LogP contribution in [0.5, 0.6) is 0 Å². The zero-order valence-electron chi connectivity index (χ0n) is 31.7. The average molecular weight is 652 g/mol. The summed E-state index contributed by atoms with van der Waals surface area (Å²) >= 11 is 0. The highest BCUT2D eigenvalue weighted by Crippen LogP contribution is 2.15. The number of aliphatic hydroxyl groups excluding tert-OH is 1. The number of nitrogens with zero attached hydrogens (tertiary/aromatic N) is 1. The topological polar surface area (TPSA) is 63.7 Å². The molecule has 46 heavy (non-hydrogen) atoms. The number of aliphatic hydroxyl groups is 1. The normalized spacial score (nSPS) is 12.0. The van der Waals surface area contributed by atoms with Crippen LogP contribution < -0.4 is 4.99 Å². The average Bonchev–Trinajstić information content (AvgIpc) is 3.04. The number of esters is 1. The third kappa shape index (κ3) is 37.4. The van der Waals surface area contributed by atoms with Crippen LogP contribution in [0.1, 0.15) is 219 Å². The third-order valence-electron chi connectivity index (χ3n) is 9.53. The van der Waals surface area contributed by atoms with Gasteiger partial charge in [0, 0.05) is 19.4 Å². The molecule has 0 unspecified atom stereocenters. The molecule has 0 amide bonds. The predicted molar refractivity (Wildman–Crippen MR) is 201 cm³/mol. The summed E-state index contributed by atoms with van der Waals surface area (Å²) in [6.45, 7) is 7.53. The monoisotopic (exact) mass is 652 g/mol. The molecule has 5 nitrogen and oxygen atoms in total. The van der Waals surface area contributed by atoms with Crippen LogP contribution in [0.2, 0.25) is 0 Å². The van der Waals surface area contributed by atoms with Crippen molar-refractivity contribution in [2.75, 3.05) is 33.3 Å². The van der Waals surface area contributed by atoms with Gasteiger partial charge < -0.3 is 14.7 Å². The van der Waals surface area contributed by atoms with E-state index in [1.165, 1.54) is 167 Å². The first-order valence-electron chi connectivity index (χ1n) is 20.7. The summed E-state index contributed by atoms with van der Waals surface area (Å²) < 4.78 is 5.45. The van der Waals surface area contributed by atoms with Crippen LogP contribution in [0.15, 0.2) is 0 Å². The molecule has 0 aliphatic heterocycles. The number of ether oxygens (including phenoxy) is 1. The molecule has 0 rings (SSSR count). The Kier molecular flexibility index (Phi) is 37.4. The number of nitrogens with one attached hydrogen (secondary N) is 1. The Balaban J connectivity index is 3.41. The van der Waals surface area contributed by atoms with Crippen LogP contribution >= 0.6 is 0 Å². The smallest absolute Gasteiger partial charge is 0.332 e. The molecule has 0 bridgehead atoms. The van der Waals surface area contributed by atoms with Crippen LogP contribution in [0.4, 0.5) is 0 Å². The van der Waals surface area contributed by atoms with E-state index in [0.717, 1.165) is 45.3 Å². The van der Waals surface area contributed by atoms with Gasteiger partial charge in [-0.1, -0.05) is 181 Å². The first-order chi connectivity index (χ1) is 22.6. The van der Waals surface area contributed by atoms with Gasteiger partial charge in [0.05, 0.1) is 6.42 Å². The summed E-state index contributed by atoms with van der Waals surface area (Å²) in [6.07, 6.45) is 41.3. The molecule has 0 heterocycles. The van der Waals surface area contributed by atoms with Crippen molar-refractivity contribution in [3.05, 3.63) is 0 Å². The molecular weight excluding hydrogens is 568 g/mol. The van der Waals surface area contributed by atoms with Crippen molar-refractivity contribution in [3.63, 3.8) is 0 Å². The van der Waals surface area contributed by atoms with Crippen molar-refractivity contribution in [1.82, 2.24) is 4.90 Å². The van der Waals surface area contributed by atoms with Gasteiger partial charge in [0.25, 0.3) is 0 Å².